The molecule has 26 heavy (non-hydrogen) atoms. The molecule has 4 heteroatoms. The van der Waals surface area contributed by atoms with Crippen LogP contribution in [0.3, 0.4) is 0 Å². The molecule has 2 aromatic rings. The number of carbonyl (C=O) groups is 1. The molecule has 0 aliphatic carbocycles. The Bertz CT molecular complexity index is 651. The number of aryl methyl sites for hydroxylation is 1. The number of hydrogen-bond donors (Lipinski definition) is 0. The lowest BCUT2D eigenvalue weighted by Crippen LogP contribution is -2.06. The van der Waals surface area contributed by atoms with Crippen LogP contribution in [0.15, 0.2) is 36.7 Å². The Kier molecular flexibility index (Phi) is 8.81. The van der Waals surface area contributed by atoms with Crippen LogP contribution >= 0.6 is 0 Å². The van der Waals surface area contributed by atoms with Gasteiger partial charge in [0.2, 0.25) is 0 Å². The average molecular weight is 354 g/mol. The van der Waals surface area contributed by atoms with Gasteiger partial charge < -0.3 is 4.74 Å². The van der Waals surface area contributed by atoms with Crippen molar-refractivity contribution < 1.29 is 9.53 Å². The van der Waals surface area contributed by atoms with E-state index in [2.05, 4.69) is 23.8 Å². The number of esters is 1. The number of aromatic nitrogens is 2. The van der Waals surface area contributed by atoms with Crippen LogP contribution in [-0.2, 0) is 11.2 Å². The minimum absolute atomic E-state index is 0.274. The van der Waals surface area contributed by atoms with Gasteiger partial charge in [-0.3, -0.25) is 0 Å². The molecule has 0 unspecified atom stereocenters. The van der Waals surface area contributed by atoms with Crippen molar-refractivity contribution in [2.75, 3.05) is 6.61 Å². The number of benzene rings is 1. The third-order valence-electron chi connectivity index (χ3n) is 4.38. The Morgan fingerprint density at radius 2 is 1.54 bits per heavy atom. The summed E-state index contributed by atoms with van der Waals surface area (Å²) >= 11 is 0. The van der Waals surface area contributed by atoms with Gasteiger partial charge >= 0.3 is 5.97 Å². The maximum Gasteiger partial charge on any atom is 0.338 e. The number of unbranched alkanes of at least 4 members (excludes halogenated alkanes) is 5. The van der Waals surface area contributed by atoms with E-state index in [9.17, 15) is 4.79 Å². The van der Waals surface area contributed by atoms with Crippen LogP contribution in [0.5, 0.6) is 0 Å². The third-order valence-corrected chi connectivity index (χ3v) is 4.38. The molecule has 0 amide bonds. The number of ether oxygens (including phenoxy) is 1. The summed E-state index contributed by atoms with van der Waals surface area (Å²) in [5.74, 6) is 0.412. The fourth-order valence-electron chi connectivity index (χ4n) is 2.71. The lowest BCUT2D eigenvalue weighted by atomic mass is 10.1. The number of hydrogen-bond acceptors (Lipinski definition) is 4. The topological polar surface area (TPSA) is 52.1 Å². The molecule has 0 radical (unpaired) electrons. The molecule has 0 bridgehead atoms. The van der Waals surface area contributed by atoms with Gasteiger partial charge in [-0.1, -0.05) is 58.1 Å². The molecule has 1 aromatic heterocycles. The molecule has 1 heterocycles. The summed E-state index contributed by atoms with van der Waals surface area (Å²) in [5, 5.41) is 0. The molecule has 2 rings (SSSR count). The second-order valence-corrected chi connectivity index (χ2v) is 6.65. The van der Waals surface area contributed by atoms with Crippen LogP contribution in [0.4, 0.5) is 0 Å². The van der Waals surface area contributed by atoms with Crippen molar-refractivity contribution in [2.45, 2.75) is 65.2 Å². The van der Waals surface area contributed by atoms with Crippen LogP contribution in [0.2, 0.25) is 0 Å². The molecule has 0 fully saturated rings. The van der Waals surface area contributed by atoms with E-state index in [1.807, 2.05) is 24.5 Å². The van der Waals surface area contributed by atoms with Gasteiger partial charge in [0.25, 0.3) is 0 Å². The fourth-order valence-corrected chi connectivity index (χ4v) is 2.71. The van der Waals surface area contributed by atoms with Crippen LogP contribution in [-0.4, -0.2) is 22.5 Å². The van der Waals surface area contributed by atoms with Gasteiger partial charge in [0.05, 0.1) is 12.2 Å². The predicted octanol–water partition coefficient (Wildman–Crippen LogP) is 5.61. The van der Waals surface area contributed by atoms with Crippen molar-refractivity contribution >= 4 is 5.97 Å². The van der Waals surface area contributed by atoms with E-state index in [-0.39, 0.29) is 5.97 Å². The smallest absolute Gasteiger partial charge is 0.338 e. The zero-order valence-electron chi connectivity index (χ0n) is 16.0. The maximum absolute atomic E-state index is 11.9. The quantitative estimate of drug-likeness (QED) is 0.388. The van der Waals surface area contributed by atoms with Crippen molar-refractivity contribution in [3.8, 4) is 11.4 Å². The van der Waals surface area contributed by atoms with E-state index in [0.717, 1.165) is 24.8 Å². The molecule has 0 saturated carbocycles. The number of carbonyl (C=O) groups excluding carboxylic acids is 1. The summed E-state index contributed by atoms with van der Waals surface area (Å²) in [6.45, 7) is 4.77. The van der Waals surface area contributed by atoms with Crippen LogP contribution in [0.25, 0.3) is 11.4 Å². The Morgan fingerprint density at radius 1 is 0.885 bits per heavy atom. The van der Waals surface area contributed by atoms with Crippen molar-refractivity contribution in [2.24, 2.45) is 0 Å². The largest absolute Gasteiger partial charge is 0.462 e. The molecular formula is C22H30N2O2. The minimum Gasteiger partial charge on any atom is -0.462 e. The highest BCUT2D eigenvalue weighted by Gasteiger charge is 2.08. The number of nitrogens with zero attached hydrogens (tertiary/aromatic N) is 2. The van der Waals surface area contributed by atoms with Crippen molar-refractivity contribution in [1.29, 1.82) is 0 Å². The summed E-state index contributed by atoms with van der Waals surface area (Å²) in [6, 6.07) is 7.29. The van der Waals surface area contributed by atoms with Gasteiger partial charge in [0, 0.05) is 18.0 Å². The first-order valence-corrected chi connectivity index (χ1v) is 9.83. The van der Waals surface area contributed by atoms with E-state index in [0.29, 0.717) is 18.0 Å². The molecule has 0 spiro atoms. The Balaban J connectivity index is 1.87. The van der Waals surface area contributed by atoms with Crippen LogP contribution in [0.1, 0.15) is 74.7 Å². The monoisotopic (exact) mass is 354 g/mol. The predicted molar refractivity (Wildman–Crippen MR) is 105 cm³/mol. The summed E-state index contributed by atoms with van der Waals surface area (Å²) < 4.78 is 5.22. The SMILES string of the molecule is CCCCCCCc1cnc(-c2ccc(C(=O)OCCCC)cc2)nc1. The summed E-state index contributed by atoms with van der Waals surface area (Å²) in [6.07, 6.45) is 13.1. The van der Waals surface area contributed by atoms with Crippen molar-refractivity contribution in [3.63, 3.8) is 0 Å². The number of rotatable bonds is 11. The highest BCUT2D eigenvalue weighted by Crippen LogP contribution is 2.17. The van der Waals surface area contributed by atoms with Crippen LogP contribution in [0, 0.1) is 0 Å². The summed E-state index contributed by atoms with van der Waals surface area (Å²) in [4.78, 5) is 20.9. The van der Waals surface area contributed by atoms with Gasteiger partial charge in [0.1, 0.15) is 0 Å². The van der Waals surface area contributed by atoms with Gasteiger partial charge in [-0.15, -0.1) is 0 Å². The van der Waals surface area contributed by atoms with Crippen molar-refractivity contribution in [1.82, 2.24) is 9.97 Å². The lowest BCUT2D eigenvalue weighted by molar-refractivity contribution is 0.0500. The van der Waals surface area contributed by atoms with Crippen molar-refractivity contribution in [3.05, 3.63) is 47.8 Å². The molecule has 0 saturated heterocycles. The zero-order chi connectivity index (χ0) is 18.6. The zero-order valence-corrected chi connectivity index (χ0v) is 16.0. The Morgan fingerprint density at radius 3 is 2.19 bits per heavy atom. The normalized spacial score (nSPS) is 10.7. The molecule has 1 aromatic carbocycles. The first kappa shape index (κ1) is 20.1. The van der Waals surface area contributed by atoms with Gasteiger partial charge in [-0.25, -0.2) is 14.8 Å². The maximum atomic E-state index is 11.9. The summed E-state index contributed by atoms with van der Waals surface area (Å²) in [5.41, 5.74) is 2.65. The van der Waals surface area contributed by atoms with E-state index in [4.69, 9.17) is 4.74 Å². The first-order valence-electron chi connectivity index (χ1n) is 9.83. The third kappa shape index (κ3) is 6.58. The molecule has 140 valence electrons. The standard InChI is InChI=1S/C22H30N2O2/c1-3-5-7-8-9-10-18-16-23-21(24-17-18)19-11-13-20(14-12-19)22(25)26-15-6-4-2/h11-14,16-17H,3-10,15H2,1-2H3. The molecule has 0 aliphatic rings. The Hall–Kier alpha value is -2.23. The lowest BCUT2D eigenvalue weighted by Gasteiger charge is -2.06. The highest BCUT2D eigenvalue weighted by molar-refractivity contribution is 5.89. The van der Waals surface area contributed by atoms with Gasteiger partial charge in [0.15, 0.2) is 5.82 Å². The Labute approximate surface area is 157 Å². The molecule has 0 aliphatic heterocycles. The van der Waals surface area contributed by atoms with E-state index in [1.54, 1.807) is 12.1 Å². The molecule has 0 N–H and O–H groups in total. The molecule has 4 nitrogen and oxygen atoms in total. The minimum atomic E-state index is -0.274. The van der Waals surface area contributed by atoms with Crippen LogP contribution < -0.4 is 0 Å². The molecular weight excluding hydrogens is 324 g/mol. The van der Waals surface area contributed by atoms with E-state index < -0.39 is 0 Å². The molecule has 0 atom stereocenters. The second-order valence-electron chi connectivity index (χ2n) is 6.65. The average Bonchev–Trinajstić information content (AvgIpc) is 2.68. The van der Waals surface area contributed by atoms with Gasteiger partial charge in [-0.05, 0) is 37.0 Å². The van der Waals surface area contributed by atoms with Gasteiger partial charge in [-0.2, -0.15) is 0 Å². The highest BCUT2D eigenvalue weighted by atomic mass is 16.5. The van der Waals surface area contributed by atoms with E-state index in [1.165, 1.54) is 37.7 Å². The fraction of sp³-hybridized carbons (Fsp3) is 0.500. The summed E-state index contributed by atoms with van der Waals surface area (Å²) in [7, 11) is 0. The first-order chi connectivity index (χ1) is 12.7. The second kappa shape index (κ2) is 11.4. The van der Waals surface area contributed by atoms with E-state index >= 15 is 0 Å².